The van der Waals surface area contributed by atoms with E-state index < -0.39 is 35.1 Å². The highest BCUT2D eigenvalue weighted by Crippen LogP contribution is 2.24. The molecule has 2 aromatic heterocycles. The molecule has 3 rings (SSSR count). The van der Waals surface area contributed by atoms with Crippen LogP contribution >= 0.6 is 0 Å². The van der Waals surface area contributed by atoms with Gasteiger partial charge < -0.3 is 9.40 Å². The first-order valence-electron chi connectivity index (χ1n) is 10.1. The van der Waals surface area contributed by atoms with E-state index >= 15 is 0 Å². The van der Waals surface area contributed by atoms with Crippen molar-refractivity contribution < 1.29 is 31.2 Å². The average Bonchev–Trinajstić information content (AvgIpc) is 3.27. The van der Waals surface area contributed by atoms with Crippen LogP contribution < -0.4 is 4.84 Å². The molecule has 0 spiro atoms. The summed E-state index contributed by atoms with van der Waals surface area (Å²) >= 11 is 0. The van der Waals surface area contributed by atoms with Crippen LogP contribution in [0.1, 0.15) is 35.6 Å². The zero-order valence-electron chi connectivity index (χ0n) is 18.5. The number of carbonyl (C=O) groups excluding carboxylic acids is 1. The Kier molecular flexibility index (Phi) is 6.84. The van der Waals surface area contributed by atoms with Crippen LogP contribution in [0.25, 0.3) is 11.0 Å². The van der Waals surface area contributed by atoms with Crippen LogP contribution in [0.5, 0.6) is 0 Å². The van der Waals surface area contributed by atoms with Gasteiger partial charge >= 0.3 is 6.18 Å². The van der Waals surface area contributed by atoms with E-state index in [2.05, 4.69) is 10.3 Å². The lowest BCUT2D eigenvalue weighted by molar-refractivity contribution is -0.141. The van der Waals surface area contributed by atoms with Crippen LogP contribution in [0.15, 0.2) is 29.2 Å². The summed E-state index contributed by atoms with van der Waals surface area (Å²) in [7, 11) is -3.74. The Labute approximate surface area is 188 Å². The van der Waals surface area contributed by atoms with Gasteiger partial charge in [0.2, 0.25) is 15.8 Å². The molecular weight excluding hydrogens is 463 g/mol. The molecule has 180 valence electrons. The molecule has 13 heteroatoms. The molecule has 0 aliphatic carbocycles. The molecule has 1 aromatic carbocycles. The predicted octanol–water partition coefficient (Wildman–Crippen LogP) is 2.75. The number of alkyl halides is 3. The van der Waals surface area contributed by atoms with Gasteiger partial charge in [0.15, 0.2) is 6.61 Å². The van der Waals surface area contributed by atoms with E-state index in [-0.39, 0.29) is 21.7 Å². The van der Waals surface area contributed by atoms with Crippen molar-refractivity contribution in [2.24, 2.45) is 0 Å². The molecule has 0 amide bonds. The summed E-state index contributed by atoms with van der Waals surface area (Å²) in [5.74, 6) is -0.549. The molecule has 0 bridgehead atoms. The maximum atomic E-state index is 12.8. The zero-order chi connectivity index (χ0) is 24.6. The van der Waals surface area contributed by atoms with Gasteiger partial charge in [0.25, 0.3) is 0 Å². The van der Waals surface area contributed by atoms with E-state index in [1.165, 1.54) is 42.4 Å². The zero-order valence-corrected chi connectivity index (χ0v) is 19.4. The quantitative estimate of drug-likeness (QED) is 0.431. The molecule has 3 aromatic rings. The fraction of sp³-hybridized carbons (Fsp3) is 0.450. The number of rotatable bonds is 9. The summed E-state index contributed by atoms with van der Waals surface area (Å²) < 4.78 is 66.3. The number of aryl methyl sites for hydroxylation is 1. The molecule has 0 atom stereocenters. The Balaban J connectivity index is 1.84. The molecule has 0 aliphatic rings. The van der Waals surface area contributed by atoms with E-state index in [9.17, 15) is 26.4 Å². The number of carbonyl (C=O) groups is 1. The van der Waals surface area contributed by atoms with E-state index in [0.29, 0.717) is 24.3 Å². The third kappa shape index (κ3) is 5.03. The Morgan fingerprint density at radius 2 is 1.82 bits per heavy atom. The maximum absolute atomic E-state index is 12.8. The third-order valence-electron chi connectivity index (χ3n) is 5.26. The van der Waals surface area contributed by atoms with Gasteiger partial charge in [0.05, 0.1) is 4.90 Å². The van der Waals surface area contributed by atoms with E-state index in [1.54, 1.807) is 13.8 Å². The van der Waals surface area contributed by atoms with Crippen LogP contribution in [-0.2, 0) is 16.6 Å². The van der Waals surface area contributed by atoms with Crippen molar-refractivity contribution in [3.05, 3.63) is 41.2 Å². The van der Waals surface area contributed by atoms with Gasteiger partial charge in [-0.25, -0.2) is 8.42 Å². The number of hydrogen-bond donors (Lipinski definition) is 0. The molecule has 0 saturated heterocycles. The van der Waals surface area contributed by atoms with Crippen molar-refractivity contribution in [3.8, 4) is 0 Å². The van der Waals surface area contributed by atoms with Gasteiger partial charge in [-0.15, -0.1) is 5.10 Å². The second-order valence-electron chi connectivity index (χ2n) is 7.38. The van der Waals surface area contributed by atoms with Gasteiger partial charge in [-0.05, 0) is 43.3 Å². The van der Waals surface area contributed by atoms with Gasteiger partial charge in [-0.2, -0.15) is 17.5 Å². The van der Waals surface area contributed by atoms with Crippen molar-refractivity contribution >= 4 is 26.8 Å². The van der Waals surface area contributed by atoms with Crippen LogP contribution in [-0.4, -0.2) is 64.1 Å². The van der Waals surface area contributed by atoms with Crippen molar-refractivity contribution in [1.29, 1.82) is 0 Å². The summed E-state index contributed by atoms with van der Waals surface area (Å²) in [5.41, 5.74) is 1.16. The molecule has 2 heterocycles. The first-order valence-corrected chi connectivity index (χ1v) is 11.6. The van der Waals surface area contributed by atoms with Crippen molar-refractivity contribution in [2.45, 2.75) is 45.3 Å². The summed E-state index contributed by atoms with van der Waals surface area (Å²) in [6, 6.07) is 5.62. The van der Waals surface area contributed by atoms with Crippen LogP contribution in [0.4, 0.5) is 13.2 Å². The van der Waals surface area contributed by atoms with Crippen LogP contribution in [0, 0.1) is 13.8 Å². The highest BCUT2D eigenvalue weighted by molar-refractivity contribution is 7.89. The lowest BCUT2D eigenvalue weighted by atomic mass is 10.1. The van der Waals surface area contributed by atoms with Crippen molar-refractivity contribution in [3.63, 3.8) is 0 Å². The summed E-state index contributed by atoms with van der Waals surface area (Å²) in [5, 5.41) is 7.69. The Morgan fingerprint density at radius 1 is 1.15 bits per heavy atom. The van der Waals surface area contributed by atoms with Gasteiger partial charge in [-0.3, -0.25) is 4.79 Å². The summed E-state index contributed by atoms with van der Waals surface area (Å²) in [6.45, 7) is 5.24. The first kappa shape index (κ1) is 24.7. The van der Waals surface area contributed by atoms with E-state index in [0.717, 1.165) is 9.41 Å². The van der Waals surface area contributed by atoms with E-state index in [4.69, 9.17) is 4.84 Å². The van der Waals surface area contributed by atoms with Crippen LogP contribution in [0.3, 0.4) is 0 Å². The number of nitrogens with zero attached hydrogens (tertiary/aromatic N) is 5. The smallest absolute Gasteiger partial charge is 0.387 e. The highest BCUT2D eigenvalue weighted by Gasteiger charge is 2.30. The van der Waals surface area contributed by atoms with Gasteiger partial charge in [0.1, 0.15) is 17.6 Å². The number of benzene rings is 1. The minimum Gasteiger partial charge on any atom is -0.387 e. The monoisotopic (exact) mass is 487 g/mol. The second-order valence-corrected chi connectivity index (χ2v) is 9.32. The molecule has 0 radical (unpaired) electrons. The van der Waals surface area contributed by atoms with Crippen molar-refractivity contribution in [2.75, 3.05) is 19.7 Å². The second kappa shape index (κ2) is 9.14. The maximum Gasteiger partial charge on any atom is 0.406 e. The number of halogens is 3. The molecule has 0 unspecified atom stereocenters. The Hall–Kier alpha value is -2.93. The lowest BCUT2D eigenvalue weighted by Gasteiger charge is -2.18. The average molecular weight is 488 g/mol. The molecule has 0 N–H and O–H groups in total. The van der Waals surface area contributed by atoms with Gasteiger partial charge in [0, 0.05) is 30.0 Å². The van der Waals surface area contributed by atoms with Crippen LogP contribution in [0.2, 0.25) is 0 Å². The topological polar surface area (TPSA) is 99.3 Å². The summed E-state index contributed by atoms with van der Waals surface area (Å²) in [6.07, 6.45) is -4.42. The number of fused-ring (bicyclic) bond motifs is 1. The predicted molar refractivity (Wildman–Crippen MR) is 113 cm³/mol. The fourth-order valence-corrected chi connectivity index (χ4v) is 5.03. The highest BCUT2D eigenvalue weighted by atomic mass is 32.2. The third-order valence-corrected chi connectivity index (χ3v) is 7.31. The fourth-order valence-electron chi connectivity index (χ4n) is 3.55. The minimum absolute atomic E-state index is 0.0212. The number of sulfonamides is 1. The van der Waals surface area contributed by atoms with Crippen molar-refractivity contribution in [1.82, 2.24) is 24.0 Å². The lowest BCUT2D eigenvalue weighted by Crippen LogP contribution is -2.30. The Morgan fingerprint density at radius 3 is 2.42 bits per heavy atom. The minimum atomic E-state index is -4.42. The standard InChI is InChI=1S/C20H24F3N5O4S/c1-5-26(6-2)33(30,31)15-7-8-17-18(10-15)28(25-24-17)32-11-19(29)16-9-13(3)27(14(16)4)12-20(21,22)23/h7-10H,5-6,11-12H2,1-4H3. The summed E-state index contributed by atoms with van der Waals surface area (Å²) in [4.78, 5) is 19.0. The number of ketones is 1. The number of aromatic nitrogens is 4. The normalized spacial score (nSPS) is 12.6. The first-order chi connectivity index (χ1) is 15.4. The molecular formula is C20H24F3N5O4S. The number of Topliss-reactive ketones (excluding diaryl/α,β-unsaturated/α-hetero) is 1. The van der Waals surface area contributed by atoms with E-state index in [1.807, 2.05) is 0 Å². The molecule has 33 heavy (non-hydrogen) atoms. The Bertz CT molecular complexity index is 1280. The molecule has 0 fully saturated rings. The molecule has 0 saturated carbocycles. The van der Waals surface area contributed by atoms with Gasteiger partial charge in [-0.1, -0.05) is 18.7 Å². The molecule has 0 aliphatic heterocycles. The largest absolute Gasteiger partial charge is 0.406 e. The SMILES string of the molecule is CCN(CC)S(=O)(=O)c1ccc2nnn(OCC(=O)c3cc(C)n(CC(F)(F)F)c3C)c2c1. The molecule has 9 nitrogen and oxygen atoms in total. The number of hydrogen-bond acceptors (Lipinski definition) is 6.